The van der Waals surface area contributed by atoms with Crippen molar-refractivity contribution < 1.29 is 61.4 Å². The Bertz CT molecular complexity index is 34.0. The molecule has 0 saturated carbocycles. The molecular formula is HCr2NO6. The SMILES string of the molecule is O=[N+]([O-])O.[Cr+3].[Cr+3].[O-2].[O-2].[O-2]. The first-order valence-electron chi connectivity index (χ1n) is 0.565. The number of nitrogens with zero attached hydrogens (tertiary/aromatic N) is 1. The molecule has 0 aromatic rings. The average molecular weight is 215 g/mol. The van der Waals surface area contributed by atoms with Gasteiger partial charge in [0.1, 0.15) is 0 Å². The van der Waals surface area contributed by atoms with Gasteiger partial charge in [-0.2, -0.15) is 0 Å². The van der Waals surface area contributed by atoms with Gasteiger partial charge in [-0.05, 0) is 0 Å². The molecule has 0 aromatic heterocycles. The minimum Gasteiger partial charge on any atom is -2.00 e. The molecule has 0 saturated heterocycles. The maximum Gasteiger partial charge on any atom is 3.00 e. The molecule has 2 radical (unpaired) electrons. The Labute approximate surface area is 72.0 Å². The Hall–Kier alpha value is 0.145. The van der Waals surface area contributed by atoms with Gasteiger partial charge in [-0.25, -0.2) is 0 Å². The van der Waals surface area contributed by atoms with Gasteiger partial charge in [0.2, 0.25) is 0 Å². The van der Waals surface area contributed by atoms with Gasteiger partial charge in [-0.15, -0.1) is 10.1 Å². The third-order valence-corrected chi connectivity index (χ3v) is 0. The van der Waals surface area contributed by atoms with Gasteiger partial charge >= 0.3 is 34.7 Å². The first-order chi connectivity index (χ1) is 1.73. The summed E-state index contributed by atoms with van der Waals surface area (Å²) in [6, 6.07) is 0. The van der Waals surface area contributed by atoms with E-state index in [1.807, 2.05) is 0 Å². The molecule has 0 unspecified atom stereocenters. The quantitative estimate of drug-likeness (QED) is 0.419. The molecule has 0 fully saturated rings. The molecule has 0 spiro atoms. The fourth-order valence-electron chi connectivity index (χ4n) is 0. The van der Waals surface area contributed by atoms with Crippen LogP contribution in [0.2, 0.25) is 0 Å². The second-order valence-electron chi connectivity index (χ2n) is 0.238. The predicted molar refractivity (Wildman–Crippen MR) is 10.8 cm³/mol. The van der Waals surface area contributed by atoms with Crippen molar-refractivity contribution in [3.8, 4) is 0 Å². The van der Waals surface area contributed by atoms with Crippen molar-refractivity contribution >= 4 is 0 Å². The van der Waals surface area contributed by atoms with Crippen LogP contribution in [-0.4, -0.2) is 10.3 Å². The van der Waals surface area contributed by atoms with E-state index in [0.29, 0.717) is 0 Å². The molecule has 9 heteroatoms. The van der Waals surface area contributed by atoms with Crippen LogP contribution in [0.4, 0.5) is 0 Å². The Morgan fingerprint density at radius 2 is 1.11 bits per heavy atom. The monoisotopic (exact) mass is 215 g/mol. The molecule has 54 valence electrons. The van der Waals surface area contributed by atoms with Gasteiger partial charge in [-0.3, -0.25) is 0 Å². The summed E-state index contributed by atoms with van der Waals surface area (Å²) >= 11 is 0. The van der Waals surface area contributed by atoms with Crippen LogP contribution in [0.1, 0.15) is 0 Å². The molecule has 0 heterocycles. The van der Waals surface area contributed by atoms with Crippen molar-refractivity contribution in [3.05, 3.63) is 10.1 Å². The summed E-state index contributed by atoms with van der Waals surface area (Å²) in [5, 5.41) is 13.6. The molecule has 0 aliphatic heterocycles. The van der Waals surface area contributed by atoms with Crippen LogP contribution in [0, 0.1) is 10.1 Å². The summed E-state index contributed by atoms with van der Waals surface area (Å²) in [4.78, 5) is 8.36. The summed E-state index contributed by atoms with van der Waals surface area (Å²) in [6.07, 6.45) is 0. The molecule has 7 nitrogen and oxygen atoms in total. The molecule has 9 heavy (non-hydrogen) atoms. The second kappa shape index (κ2) is 42.0. The summed E-state index contributed by atoms with van der Waals surface area (Å²) < 4.78 is 0. The molecule has 0 rings (SSSR count). The fourth-order valence-corrected chi connectivity index (χ4v) is 0. The van der Waals surface area contributed by atoms with Crippen LogP contribution in [-0.2, 0) is 51.2 Å². The molecule has 0 atom stereocenters. The normalized spacial score (nSPS) is 2.67. The number of hydrogen-bond donors (Lipinski definition) is 1. The zero-order valence-corrected chi connectivity index (χ0v) is 6.30. The van der Waals surface area contributed by atoms with Gasteiger partial charge < -0.3 is 21.6 Å². The van der Waals surface area contributed by atoms with Crippen LogP contribution in [0.25, 0.3) is 0 Å². The van der Waals surface area contributed by atoms with Crippen LogP contribution in [0.5, 0.6) is 0 Å². The number of rotatable bonds is 0. The summed E-state index contributed by atoms with van der Waals surface area (Å²) in [6.45, 7) is 0. The maximum absolute atomic E-state index is 8.36. The molecule has 0 amide bonds. The standard InChI is InChI=1S/2Cr.HNO3.3O/c;;2-1(3)4;;;/h;;(H,2,3,4);;;/q2*+3;;3*-2. The van der Waals surface area contributed by atoms with Crippen LogP contribution < -0.4 is 0 Å². The first-order valence-corrected chi connectivity index (χ1v) is 0.565. The minimum atomic E-state index is -1.50. The molecular weight excluding hydrogens is 214 g/mol. The third-order valence-electron chi connectivity index (χ3n) is 0. The van der Waals surface area contributed by atoms with Crippen molar-refractivity contribution in [2.75, 3.05) is 0 Å². The second-order valence-corrected chi connectivity index (χ2v) is 0.238. The van der Waals surface area contributed by atoms with Gasteiger partial charge in [0.05, 0.1) is 0 Å². The largest absolute Gasteiger partial charge is 3.00 e. The van der Waals surface area contributed by atoms with E-state index in [-0.39, 0.29) is 51.2 Å². The molecule has 0 aliphatic rings. The minimum absolute atomic E-state index is 0. The summed E-state index contributed by atoms with van der Waals surface area (Å²) in [5.74, 6) is 0. The van der Waals surface area contributed by atoms with Gasteiger partial charge in [-0.1, -0.05) is 0 Å². The van der Waals surface area contributed by atoms with Crippen molar-refractivity contribution in [1.82, 2.24) is 0 Å². The maximum atomic E-state index is 8.36. The zero-order chi connectivity index (χ0) is 3.58. The van der Waals surface area contributed by atoms with E-state index in [2.05, 4.69) is 0 Å². The Kier molecular flexibility index (Phi) is 287. The van der Waals surface area contributed by atoms with Gasteiger partial charge in [0, 0.05) is 0 Å². The van der Waals surface area contributed by atoms with Crippen LogP contribution in [0.15, 0.2) is 0 Å². The topological polar surface area (TPSA) is 149 Å². The van der Waals surface area contributed by atoms with Gasteiger partial charge in [0.25, 0.3) is 5.09 Å². The smallest absolute Gasteiger partial charge is 2.00 e. The zero-order valence-electron chi connectivity index (χ0n) is 3.75. The van der Waals surface area contributed by atoms with E-state index in [0.717, 1.165) is 0 Å². The Morgan fingerprint density at radius 3 is 1.11 bits per heavy atom. The van der Waals surface area contributed by atoms with Crippen molar-refractivity contribution in [3.63, 3.8) is 0 Å². The van der Waals surface area contributed by atoms with E-state index < -0.39 is 5.09 Å². The van der Waals surface area contributed by atoms with E-state index in [1.54, 1.807) is 0 Å². The van der Waals surface area contributed by atoms with Crippen LogP contribution >= 0.6 is 0 Å². The molecule has 0 aliphatic carbocycles. The third kappa shape index (κ3) is 14600. The molecule has 0 aromatic carbocycles. The van der Waals surface area contributed by atoms with Crippen molar-refractivity contribution in [2.24, 2.45) is 0 Å². The Morgan fingerprint density at radius 1 is 1.11 bits per heavy atom. The summed E-state index contributed by atoms with van der Waals surface area (Å²) in [5.41, 5.74) is 0. The van der Waals surface area contributed by atoms with Crippen LogP contribution in [0.3, 0.4) is 0 Å². The molecule has 0 bridgehead atoms. The van der Waals surface area contributed by atoms with E-state index in [9.17, 15) is 0 Å². The van der Waals surface area contributed by atoms with Crippen molar-refractivity contribution in [1.29, 1.82) is 0 Å². The predicted octanol–water partition coefficient (Wildman–Crippen LogP) is -0.709. The molecule has 1 N–H and O–H groups in total. The summed E-state index contributed by atoms with van der Waals surface area (Å²) in [7, 11) is 0. The van der Waals surface area contributed by atoms with Gasteiger partial charge in [0.15, 0.2) is 0 Å². The fraction of sp³-hybridized carbons (Fsp3) is 0. The van der Waals surface area contributed by atoms with E-state index in [1.165, 1.54) is 0 Å². The first kappa shape index (κ1) is 61.3. The van der Waals surface area contributed by atoms with Crippen molar-refractivity contribution in [2.45, 2.75) is 0 Å². The van der Waals surface area contributed by atoms with E-state index in [4.69, 9.17) is 15.3 Å². The average Bonchev–Trinajstić information content (AvgIpc) is 0.811. The number of hydrogen-bond acceptors (Lipinski definition) is 2. The Balaban J connectivity index is -0.00000000450. The van der Waals surface area contributed by atoms with E-state index >= 15 is 0 Å².